The van der Waals surface area contributed by atoms with Gasteiger partial charge in [-0.1, -0.05) is 6.92 Å². The molecule has 1 saturated carbocycles. The molecule has 10 nitrogen and oxygen atoms in total. The van der Waals surface area contributed by atoms with Crippen molar-refractivity contribution >= 4 is 21.4 Å². The fourth-order valence-corrected chi connectivity index (χ4v) is 4.67. The lowest BCUT2D eigenvalue weighted by molar-refractivity contribution is -0.384. The van der Waals surface area contributed by atoms with Crippen molar-refractivity contribution in [3.05, 3.63) is 40.5 Å². The van der Waals surface area contributed by atoms with Crippen molar-refractivity contribution in [3.8, 4) is 0 Å². The summed E-state index contributed by atoms with van der Waals surface area (Å²) in [4.78, 5) is 14.8. The van der Waals surface area contributed by atoms with Gasteiger partial charge in [0.2, 0.25) is 10.0 Å². The fraction of sp³-hybridized carbons (Fsp3) is 0.529. The quantitative estimate of drug-likeness (QED) is 0.472. The molecule has 1 aromatic carbocycles. The number of nitrogens with zero attached hydrogens (tertiary/aromatic N) is 3. The van der Waals surface area contributed by atoms with Gasteiger partial charge in [0.1, 0.15) is 17.8 Å². The average molecular weight is 408 g/mol. The van der Waals surface area contributed by atoms with E-state index in [9.17, 15) is 18.5 Å². The molecule has 152 valence electrons. The third kappa shape index (κ3) is 4.65. The first-order valence-electron chi connectivity index (χ1n) is 9.19. The Kier molecular flexibility index (Phi) is 5.94. The van der Waals surface area contributed by atoms with Gasteiger partial charge in [-0.25, -0.2) is 18.1 Å². The second-order valence-electron chi connectivity index (χ2n) is 7.25. The first kappa shape index (κ1) is 20.2. The highest BCUT2D eigenvalue weighted by molar-refractivity contribution is 7.89. The van der Waals surface area contributed by atoms with Crippen molar-refractivity contribution in [2.45, 2.75) is 56.5 Å². The maximum absolute atomic E-state index is 12.7. The Hall–Kier alpha value is -2.53. The van der Waals surface area contributed by atoms with Crippen LogP contribution in [0, 0.1) is 16.0 Å². The van der Waals surface area contributed by atoms with Gasteiger partial charge < -0.3 is 5.32 Å². The lowest BCUT2D eigenvalue weighted by Crippen LogP contribution is -2.37. The number of hydrogen-bond acceptors (Lipinski definition) is 7. The summed E-state index contributed by atoms with van der Waals surface area (Å²) in [6, 6.07) is 3.36. The van der Waals surface area contributed by atoms with E-state index in [4.69, 9.17) is 0 Å². The Balaban J connectivity index is 1.80. The summed E-state index contributed by atoms with van der Waals surface area (Å²) in [5.74, 6) is 1.11. The zero-order valence-corrected chi connectivity index (χ0v) is 16.6. The van der Waals surface area contributed by atoms with Gasteiger partial charge in [-0.15, -0.1) is 0 Å². The van der Waals surface area contributed by atoms with Crippen LogP contribution in [0.15, 0.2) is 29.4 Å². The number of sulfonamides is 1. The van der Waals surface area contributed by atoms with E-state index in [1.54, 1.807) is 6.92 Å². The second kappa shape index (κ2) is 8.23. The van der Waals surface area contributed by atoms with Crippen LogP contribution in [-0.2, 0) is 10.0 Å². The Morgan fingerprint density at radius 2 is 2.00 bits per heavy atom. The highest BCUT2D eigenvalue weighted by Crippen LogP contribution is 2.31. The smallest absolute Gasteiger partial charge is 0.293 e. The molecule has 0 bridgehead atoms. The van der Waals surface area contributed by atoms with Crippen LogP contribution in [0.5, 0.6) is 0 Å². The van der Waals surface area contributed by atoms with Crippen LogP contribution in [0.1, 0.15) is 51.4 Å². The number of H-pyrrole nitrogens is 1. The molecule has 1 fully saturated rings. The monoisotopic (exact) mass is 408 g/mol. The Labute approximate surface area is 163 Å². The predicted octanol–water partition coefficient (Wildman–Crippen LogP) is 2.74. The number of nitrogens with one attached hydrogen (secondary N) is 3. The predicted molar refractivity (Wildman–Crippen MR) is 103 cm³/mol. The standard InChI is InChI=1S/C17H24N6O4S/c1-11-3-5-13(6-4-11)22-28(26,27)14-7-8-15(16(9-14)23(24)25)20-12(2)17-18-10-19-21-17/h7-13,20,22H,3-6H2,1-2H3,(H,18,19,21). The molecule has 0 saturated heterocycles. The minimum Gasteiger partial charge on any atom is -0.370 e. The molecule has 1 heterocycles. The molecule has 0 radical (unpaired) electrons. The molecular weight excluding hydrogens is 384 g/mol. The van der Waals surface area contributed by atoms with E-state index in [1.165, 1.54) is 18.5 Å². The Morgan fingerprint density at radius 3 is 2.61 bits per heavy atom. The topological polar surface area (TPSA) is 143 Å². The molecule has 3 N–H and O–H groups in total. The number of anilines is 1. The highest BCUT2D eigenvalue weighted by Gasteiger charge is 2.27. The van der Waals surface area contributed by atoms with Crippen LogP contribution in [0.2, 0.25) is 0 Å². The van der Waals surface area contributed by atoms with E-state index in [0.29, 0.717) is 11.7 Å². The van der Waals surface area contributed by atoms with Gasteiger partial charge >= 0.3 is 0 Å². The molecule has 0 amide bonds. The number of benzene rings is 1. The molecule has 1 atom stereocenters. The van der Waals surface area contributed by atoms with E-state index >= 15 is 0 Å². The average Bonchev–Trinajstić information content (AvgIpc) is 3.18. The van der Waals surface area contributed by atoms with Crippen molar-refractivity contribution in [2.75, 3.05) is 5.32 Å². The molecule has 1 aliphatic rings. The molecular formula is C17H24N6O4S. The van der Waals surface area contributed by atoms with E-state index in [0.717, 1.165) is 31.7 Å². The van der Waals surface area contributed by atoms with Gasteiger partial charge in [0.15, 0.2) is 0 Å². The first-order valence-corrected chi connectivity index (χ1v) is 10.7. The minimum atomic E-state index is -3.83. The maximum Gasteiger partial charge on any atom is 0.293 e. The molecule has 2 aromatic rings. The minimum absolute atomic E-state index is 0.115. The lowest BCUT2D eigenvalue weighted by Gasteiger charge is -2.26. The lowest BCUT2D eigenvalue weighted by atomic mass is 9.88. The largest absolute Gasteiger partial charge is 0.370 e. The molecule has 11 heteroatoms. The first-order chi connectivity index (χ1) is 13.3. The number of aromatic amines is 1. The summed E-state index contributed by atoms with van der Waals surface area (Å²) in [6.07, 6.45) is 4.83. The van der Waals surface area contributed by atoms with Crippen LogP contribution >= 0.6 is 0 Å². The number of nitro benzene ring substituents is 1. The van der Waals surface area contributed by atoms with Gasteiger partial charge in [0, 0.05) is 12.1 Å². The Bertz CT molecular complexity index is 923. The zero-order valence-electron chi connectivity index (χ0n) is 15.8. The normalized spacial score (nSPS) is 21.2. The van der Waals surface area contributed by atoms with Crippen molar-refractivity contribution in [2.24, 2.45) is 5.92 Å². The summed E-state index contributed by atoms with van der Waals surface area (Å²) in [7, 11) is -3.83. The third-order valence-corrected chi connectivity index (χ3v) is 6.55. The Morgan fingerprint density at radius 1 is 1.29 bits per heavy atom. The van der Waals surface area contributed by atoms with Gasteiger partial charge in [-0.05, 0) is 50.7 Å². The maximum atomic E-state index is 12.7. The number of hydrogen-bond donors (Lipinski definition) is 3. The SMILES string of the molecule is CC1CCC(NS(=O)(=O)c2ccc(NC(C)c3ncn[nH]3)c([N+](=O)[O-])c2)CC1. The van der Waals surface area contributed by atoms with Gasteiger partial charge in [0.25, 0.3) is 5.69 Å². The number of aromatic nitrogens is 3. The van der Waals surface area contributed by atoms with Gasteiger partial charge in [0.05, 0.1) is 15.9 Å². The van der Waals surface area contributed by atoms with Crippen LogP contribution in [0.3, 0.4) is 0 Å². The summed E-state index contributed by atoms with van der Waals surface area (Å²) in [5.41, 5.74) is -0.106. The number of rotatable bonds is 7. The van der Waals surface area contributed by atoms with Crippen molar-refractivity contribution in [1.29, 1.82) is 0 Å². The van der Waals surface area contributed by atoms with Crippen LogP contribution in [0.4, 0.5) is 11.4 Å². The van der Waals surface area contributed by atoms with E-state index in [-0.39, 0.29) is 28.4 Å². The van der Waals surface area contributed by atoms with Crippen molar-refractivity contribution in [3.63, 3.8) is 0 Å². The van der Waals surface area contributed by atoms with E-state index < -0.39 is 14.9 Å². The summed E-state index contributed by atoms with van der Waals surface area (Å²) < 4.78 is 28.1. The zero-order chi connectivity index (χ0) is 20.3. The van der Waals surface area contributed by atoms with Gasteiger partial charge in [-0.3, -0.25) is 15.2 Å². The van der Waals surface area contributed by atoms with Crippen LogP contribution < -0.4 is 10.0 Å². The molecule has 1 aliphatic carbocycles. The third-order valence-electron chi connectivity index (χ3n) is 5.03. The summed E-state index contributed by atoms with van der Waals surface area (Å²) in [5, 5.41) is 20.9. The highest BCUT2D eigenvalue weighted by atomic mass is 32.2. The molecule has 1 aromatic heterocycles. The van der Waals surface area contributed by atoms with Gasteiger partial charge in [-0.2, -0.15) is 5.10 Å². The molecule has 1 unspecified atom stereocenters. The fourth-order valence-electron chi connectivity index (χ4n) is 3.34. The van der Waals surface area contributed by atoms with E-state index in [1.807, 2.05) is 0 Å². The summed E-state index contributed by atoms with van der Waals surface area (Å²) in [6.45, 7) is 3.92. The summed E-state index contributed by atoms with van der Waals surface area (Å²) >= 11 is 0. The van der Waals surface area contributed by atoms with Crippen molar-refractivity contribution < 1.29 is 13.3 Å². The van der Waals surface area contributed by atoms with Crippen LogP contribution in [0.25, 0.3) is 0 Å². The molecule has 0 aliphatic heterocycles. The van der Waals surface area contributed by atoms with Crippen LogP contribution in [-0.4, -0.2) is 34.6 Å². The molecule has 28 heavy (non-hydrogen) atoms. The molecule has 3 rings (SSSR count). The van der Waals surface area contributed by atoms with Crippen molar-refractivity contribution in [1.82, 2.24) is 19.9 Å². The van der Waals surface area contributed by atoms with E-state index in [2.05, 4.69) is 32.1 Å². The second-order valence-corrected chi connectivity index (χ2v) is 8.96. The molecule has 0 spiro atoms. The number of nitro groups is 1.